The zero-order chi connectivity index (χ0) is 18.5. The Morgan fingerprint density at radius 3 is 2.31 bits per heavy atom. The second-order valence-corrected chi connectivity index (χ2v) is 7.51. The maximum atomic E-state index is 12.9. The molecule has 1 aliphatic carbocycles. The van der Waals surface area contributed by atoms with Crippen molar-refractivity contribution in [1.29, 1.82) is 0 Å². The van der Waals surface area contributed by atoms with Gasteiger partial charge in [0.05, 0.1) is 15.7 Å². The molecule has 1 aliphatic rings. The largest absolute Gasteiger partial charge is 0.381 e. The summed E-state index contributed by atoms with van der Waals surface area (Å²) in [7, 11) is 0. The minimum atomic E-state index is -0.278. The van der Waals surface area contributed by atoms with Crippen molar-refractivity contribution in [2.75, 3.05) is 10.6 Å². The van der Waals surface area contributed by atoms with Gasteiger partial charge < -0.3 is 10.6 Å². The molecule has 2 N–H and O–H groups in total. The molecule has 26 heavy (non-hydrogen) atoms. The van der Waals surface area contributed by atoms with Gasteiger partial charge in [-0.25, -0.2) is 4.39 Å². The summed E-state index contributed by atoms with van der Waals surface area (Å²) >= 11 is 12.6. The van der Waals surface area contributed by atoms with E-state index in [1.807, 2.05) is 0 Å². The van der Waals surface area contributed by atoms with Gasteiger partial charge in [0.15, 0.2) is 0 Å². The van der Waals surface area contributed by atoms with Gasteiger partial charge in [0.1, 0.15) is 5.82 Å². The van der Waals surface area contributed by atoms with Crippen molar-refractivity contribution in [2.45, 2.75) is 38.6 Å². The Bertz CT molecular complexity index is 751. The fourth-order valence-electron chi connectivity index (χ4n) is 3.29. The van der Waals surface area contributed by atoms with Gasteiger partial charge in [-0.3, -0.25) is 4.79 Å². The molecule has 0 saturated heterocycles. The molecule has 6 heteroatoms. The Morgan fingerprint density at radius 1 is 1.08 bits per heavy atom. The molecule has 2 aromatic carbocycles. The molecule has 0 heterocycles. The summed E-state index contributed by atoms with van der Waals surface area (Å²) in [6, 6.07) is 9.66. The summed E-state index contributed by atoms with van der Waals surface area (Å²) in [5.41, 5.74) is 2.13. The molecular weight excluding hydrogens is 374 g/mol. The quantitative estimate of drug-likeness (QED) is 0.606. The Labute approximate surface area is 162 Å². The number of benzene rings is 2. The number of carbonyl (C=O) groups is 1. The molecule has 2 aromatic rings. The van der Waals surface area contributed by atoms with E-state index in [1.165, 1.54) is 25.0 Å². The van der Waals surface area contributed by atoms with Crippen LogP contribution in [0.1, 0.15) is 37.7 Å². The minimum absolute atomic E-state index is 0.0436. The van der Waals surface area contributed by atoms with Crippen LogP contribution < -0.4 is 10.6 Å². The average Bonchev–Trinajstić information content (AvgIpc) is 3.10. The molecule has 3 nitrogen and oxygen atoms in total. The van der Waals surface area contributed by atoms with E-state index < -0.39 is 0 Å². The lowest BCUT2D eigenvalue weighted by atomic mass is 10.0. The fourth-order valence-corrected chi connectivity index (χ4v) is 3.91. The van der Waals surface area contributed by atoms with E-state index in [0.29, 0.717) is 34.6 Å². The zero-order valence-corrected chi connectivity index (χ0v) is 15.8. The van der Waals surface area contributed by atoms with Crippen molar-refractivity contribution in [3.63, 3.8) is 0 Å². The van der Waals surface area contributed by atoms with Gasteiger partial charge >= 0.3 is 0 Å². The number of hydrogen-bond donors (Lipinski definition) is 2. The number of amides is 1. The van der Waals surface area contributed by atoms with Crippen LogP contribution in [0, 0.1) is 11.7 Å². The zero-order valence-electron chi connectivity index (χ0n) is 14.3. The van der Waals surface area contributed by atoms with Crippen molar-refractivity contribution in [3.05, 3.63) is 57.8 Å². The van der Waals surface area contributed by atoms with Gasteiger partial charge in [-0.2, -0.15) is 0 Å². The highest BCUT2D eigenvalue weighted by molar-refractivity contribution is 6.39. The smallest absolute Gasteiger partial charge is 0.224 e. The molecule has 1 saturated carbocycles. The topological polar surface area (TPSA) is 41.1 Å². The third kappa shape index (κ3) is 5.12. The van der Waals surface area contributed by atoms with Gasteiger partial charge in [-0.15, -0.1) is 0 Å². The molecule has 0 atom stereocenters. The lowest BCUT2D eigenvalue weighted by Gasteiger charge is -2.14. The predicted octanol–water partition coefficient (Wildman–Crippen LogP) is 6.26. The fraction of sp³-hybridized carbons (Fsp3) is 0.350. The predicted molar refractivity (Wildman–Crippen MR) is 105 cm³/mol. The Morgan fingerprint density at radius 2 is 1.69 bits per heavy atom. The average molecular weight is 395 g/mol. The van der Waals surface area contributed by atoms with E-state index in [0.717, 1.165) is 24.1 Å². The highest BCUT2D eigenvalue weighted by atomic mass is 35.5. The van der Waals surface area contributed by atoms with E-state index in [-0.39, 0.29) is 11.7 Å². The van der Waals surface area contributed by atoms with Gasteiger partial charge in [0.25, 0.3) is 0 Å². The van der Waals surface area contributed by atoms with Gasteiger partial charge in [0, 0.05) is 18.7 Å². The molecule has 138 valence electrons. The third-order valence-electron chi connectivity index (χ3n) is 4.66. The van der Waals surface area contributed by atoms with Gasteiger partial charge in [-0.1, -0.05) is 36.0 Å². The molecular formula is C20H21Cl2FN2O. The van der Waals surface area contributed by atoms with Gasteiger partial charge in [-0.05, 0) is 60.7 Å². The summed E-state index contributed by atoms with van der Waals surface area (Å²) in [5.74, 6) is 0.143. The first kappa shape index (κ1) is 19.0. The maximum absolute atomic E-state index is 12.9. The number of anilines is 2. The van der Waals surface area contributed by atoms with Crippen LogP contribution in [0.15, 0.2) is 36.4 Å². The van der Waals surface area contributed by atoms with E-state index in [4.69, 9.17) is 23.2 Å². The highest BCUT2D eigenvalue weighted by Gasteiger charge is 2.19. The maximum Gasteiger partial charge on any atom is 0.224 e. The first-order valence-corrected chi connectivity index (χ1v) is 9.54. The number of hydrogen-bond acceptors (Lipinski definition) is 2. The van der Waals surface area contributed by atoms with Crippen molar-refractivity contribution in [3.8, 4) is 0 Å². The molecule has 0 aliphatic heterocycles. The molecule has 1 fully saturated rings. The van der Waals surface area contributed by atoms with Crippen molar-refractivity contribution in [2.24, 2.45) is 5.92 Å². The number of halogens is 3. The van der Waals surface area contributed by atoms with E-state index in [1.54, 1.807) is 24.3 Å². The summed E-state index contributed by atoms with van der Waals surface area (Å²) in [5, 5.41) is 6.85. The van der Waals surface area contributed by atoms with Crippen LogP contribution in [-0.4, -0.2) is 5.91 Å². The molecule has 0 unspecified atom stereocenters. The summed E-state index contributed by atoms with van der Waals surface area (Å²) in [4.78, 5) is 12.2. The summed E-state index contributed by atoms with van der Waals surface area (Å²) in [6.45, 7) is 0.487. The molecule has 3 rings (SSSR count). The van der Waals surface area contributed by atoms with Crippen LogP contribution in [-0.2, 0) is 11.3 Å². The number of carbonyl (C=O) groups excluding carboxylic acids is 1. The van der Waals surface area contributed by atoms with Crippen LogP contribution in [0.3, 0.4) is 0 Å². The molecule has 0 aromatic heterocycles. The van der Waals surface area contributed by atoms with Crippen LogP contribution in [0.5, 0.6) is 0 Å². The van der Waals surface area contributed by atoms with Crippen LogP contribution in [0.2, 0.25) is 10.0 Å². The Kier molecular flexibility index (Phi) is 6.38. The number of nitrogens with one attached hydrogen (secondary N) is 2. The Balaban J connectivity index is 1.61. The first-order chi connectivity index (χ1) is 12.5. The van der Waals surface area contributed by atoms with Crippen LogP contribution in [0.25, 0.3) is 0 Å². The lowest BCUT2D eigenvalue weighted by Crippen LogP contribution is -2.16. The van der Waals surface area contributed by atoms with E-state index >= 15 is 0 Å². The Hall–Kier alpha value is -1.78. The number of rotatable bonds is 6. The lowest BCUT2D eigenvalue weighted by molar-refractivity contribution is -0.117. The van der Waals surface area contributed by atoms with Gasteiger partial charge in [0.2, 0.25) is 5.91 Å². The van der Waals surface area contributed by atoms with E-state index in [9.17, 15) is 9.18 Å². The van der Waals surface area contributed by atoms with Crippen LogP contribution in [0.4, 0.5) is 15.8 Å². The summed E-state index contributed by atoms with van der Waals surface area (Å²) in [6.07, 6.45) is 5.15. The van der Waals surface area contributed by atoms with Crippen molar-refractivity contribution >= 4 is 40.5 Å². The second kappa shape index (κ2) is 8.74. The molecule has 0 spiro atoms. The van der Waals surface area contributed by atoms with Crippen molar-refractivity contribution in [1.82, 2.24) is 0 Å². The molecule has 0 radical (unpaired) electrons. The third-order valence-corrected chi connectivity index (χ3v) is 5.25. The summed E-state index contributed by atoms with van der Waals surface area (Å²) < 4.78 is 12.9. The van der Waals surface area contributed by atoms with Crippen molar-refractivity contribution < 1.29 is 9.18 Å². The highest BCUT2D eigenvalue weighted by Crippen LogP contribution is 2.33. The molecule has 1 amide bonds. The standard InChI is InChI=1S/C20H21Cl2FN2O/c21-17-9-14(12-24-16-7-5-15(23)6-8-16)10-18(22)20(17)25-19(26)11-13-3-1-2-4-13/h5-10,13,24H,1-4,11-12H2,(H,25,26). The first-order valence-electron chi connectivity index (χ1n) is 8.78. The monoisotopic (exact) mass is 394 g/mol. The minimum Gasteiger partial charge on any atom is -0.381 e. The van der Waals surface area contributed by atoms with E-state index in [2.05, 4.69) is 10.6 Å². The van der Waals surface area contributed by atoms with Crippen LogP contribution >= 0.6 is 23.2 Å². The molecule has 0 bridgehead atoms. The second-order valence-electron chi connectivity index (χ2n) is 6.70. The normalized spacial score (nSPS) is 14.4. The SMILES string of the molecule is O=C(CC1CCCC1)Nc1c(Cl)cc(CNc2ccc(F)cc2)cc1Cl.